The molecule has 1 aromatic carbocycles. The fourth-order valence-electron chi connectivity index (χ4n) is 2.19. The first-order chi connectivity index (χ1) is 11.1. The Bertz CT molecular complexity index is 761. The molecular formula is C18H21ClN2O3. The Morgan fingerprint density at radius 2 is 1.92 bits per heavy atom. The molecule has 24 heavy (non-hydrogen) atoms. The average Bonchev–Trinajstić information content (AvgIpc) is 2.80. The Morgan fingerprint density at radius 3 is 2.46 bits per heavy atom. The summed E-state index contributed by atoms with van der Waals surface area (Å²) in [4.78, 5) is 12.1. The number of nitrogens with zero attached hydrogens (tertiary/aromatic N) is 2. The van der Waals surface area contributed by atoms with Crippen molar-refractivity contribution < 1.29 is 14.6 Å². The molecule has 1 N–H and O–H groups in total. The molecule has 0 saturated carbocycles. The number of hydrogen-bond acceptors (Lipinski definition) is 4. The highest BCUT2D eigenvalue weighted by molar-refractivity contribution is 6.30. The van der Waals surface area contributed by atoms with Gasteiger partial charge in [-0.25, -0.2) is 9.48 Å². The summed E-state index contributed by atoms with van der Waals surface area (Å²) in [5.41, 5.74) is 0.860. The summed E-state index contributed by atoms with van der Waals surface area (Å²) in [6.07, 6.45) is -1.29. The number of halogens is 1. The van der Waals surface area contributed by atoms with Gasteiger partial charge in [-0.2, -0.15) is 5.10 Å². The molecule has 0 aliphatic rings. The molecule has 0 fully saturated rings. The number of aromatic nitrogens is 2. The van der Waals surface area contributed by atoms with Crippen LogP contribution in [0.2, 0.25) is 5.15 Å². The predicted molar refractivity (Wildman–Crippen MR) is 93.3 cm³/mol. The molecule has 0 saturated heterocycles. The Labute approximate surface area is 146 Å². The highest BCUT2D eigenvalue weighted by Gasteiger charge is 2.29. The Kier molecular flexibility index (Phi) is 5.16. The van der Waals surface area contributed by atoms with Gasteiger partial charge in [0.05, 0.1) is 17.0 Å². The van der Waals surface area contributed by atoms with E-state index in [-0.39, 0.29) is 10.7 Å². The summed E-state index contributed by atoms with van der Waals surface area (Å²) >= 11 is 6.39. The lowest BCUT2D eigenvalue weighted by atomic mass is 10.0. The van der Waals surface area contributed by atoms with E-state index in [0.29, 0.717) is 11.3 Å². The average molecular weight is 349 g/mol. The standard InChI is InChI=1S/C18H21ClN2O3/c1-11(17(23)24-18(3,4)5)15(22)14-12(2)20-21(16(14)19)13-9-7-6-8-10-13/h6-10,15,22H,1H2,2-5H3. The second-order valence-electron chi connectivity index (χ2n) is 6.47. The number of aliphatic hydroxyl groups is 1. The van der Waals surface area contributed by atoms with Crippen molar-refractivity contribution in [2.45, 2.75) is 39.4 Å². The minimum absolute atomic E-state index is 0.0810. The lowest BCUT2D eigenvalue weighted by Gasteiger charge is -2.22. The normalized spacial score (nSPS) is 12.8. The Morgan fingerprint density at radius 1 is 1.33 bits per heavy atom. The molecule has 1 heterocycles. The lowest BCUT2D eigenvalue weighted by Crippen LogP contribution is -2.26. The van der Waals surface area contributed by atoms with Gasteiger partial charge in [-0.15, -0.1) is 0 Å². The minimum Gasteiger partial charge on any atom is -0.457 e. The molecule has 6 heteroatoms. The largest absolute Gasteiger partial charge is 0.457 e. The fraction of sp³-hybridized carbons (Fsp3) is 0.333. The molecule has 0 aliphatic heterocycles. The molecular weight excluding hydrogens is 328 g/mol. The van der Waals surface area contributed by atoms with E-state index in [9.17, 15) is 9.90 Å². The molecule has 1 atom stereocenters. The van der Waals surface area contributed by atoms with Gasteiger partial charge >= 0.3 is 5.97 Å². The van der Waals surface area contributed by atoms with Gasteiger partial charge in [0.1, 0.15) is 16.9 Å². The molecule has 0 radical (unpaired) electrons. The van der Waals surface area contributed by atoms with Crippen molar-refractivity contribution in [3.05, 3.63) is 58.9 Å². The Hall–Kier alpha value is -2.11. The van der Waals surface area contributed by atoms with Crippen LogP contribution in [0, 0.1) is 6.92 Å². The van der Waals surface area contributed by atoms with Crippen LogP contribution in [0.5, 0.6) is 0 Å². The third-order valence-corrected chi connectivity index (χ3v) is 3.68. The van der Waals surface area contributed by atoms with Crippen molar-refractivity contribution in [1.29, 1.82) is 0 Å². The van der Waals surface area contributed by atoms with Crippen molar-refractivity contribution in [1.82, 2.24) is 9.78 Å². The summed E-state index contributed by atoms with van der Waals surface area (Å²) in [6.45, 7) is 10.6. The van der Waals surface area contributed by atoms with Crippen LogP contribution < -0.4 is 0 Å². The highest BCUT2D eigenvalue weighted by Crippen LogP contribution is 2.33. The van der Waals surface area contributed by atoms with Crippen LogP contribution in [0.1, 0.15) is 38.1 Å². The number of carbonyl (C=O) groups is 1. The first-order valence-electron chi connectivity index (χ1n) is 7.52. The maximum Gasteiger partial charge on any atom is 0.336 e. The molecule has 2 rings (SSSR count). The van der Waals surface area contributed by atoms with Crippen LogP contribution in [-0.2, 0) is 9.53 Å². The summed E-state index contributed by atoms with van der Waals surface area (Å²) in [6, 6.07) is 9.29. The van der Waals surface area contributed by atoms with Gasteiger partial charge in [0, 0.05) is 5.56 Å². The maximum absolute atomic E-state index is 12.1. The first-order valence-corrected chi connectivity index (χ1v) is 7.90. The third kappa shape index (κ3) is 3.86. The highest BCUT2D eigenvalue weighted by atomic mass is 35.5. The number of para-hydroxylation sites is 1. The smallest absolute Gasteiger partial charge is 0.336 e. The zero-order chi connectivity index (χ0) is 18.1. The Balaban J connectivity index is 2.34. The van der Waals surface area contributed by atoms with E-state index in [2.05, 4.69) is 11.7 Å². The van der Waals surface area contributed by atoms with Gasteiger partial charge in [-0.05, 0) is 39.8 Å². The van der Waals surface area contributed by atoms with Gasteiger partial charge in [0.15, 0.2) is 0 Å². The SMILES string of the molecule is C=C(C(=O)OC(C)(C)C)C(O)c1c(C)nn(-c2ccccc2)c1Cl. The second kappa shape index (κ2) is 6.79. The van der Waals surface area contributed by atoms with Crippen molar-refractivity contribution >= 4 is 17.6 Å². The molecule has 0 bridgehead atoms. The van der Waals surface area contributed by atoms with E-state index in [1.54, 1.807) is 27.7 Å². The molecule has 0 aliphatic carbocycles. The van der Waals surface area contributed by atoms with Crippen LogP contribution in [0.3, 0.4) is 0 Å². The maximum atomic E-state index is 12.1. The van der Waals surface area contributed by atoms with E-state index in [1.165, 1.54) is 4.68 Å². The number of carbonyl (C=O) groups excluding carboxylic acids is 1. The van der Waals surface area contributed by atoms with Crippen molar-refractivity contribution in [3.8, 4) is 5.69 Å². The minimum atomic E-state index is -1.29. The molecule has 1 aromatic heterocycles. The van der Waals surface area contributed by atoms with Crippen molar-refractivity contribution in [3.63, 3.8) is 0 Å². The number of rotatable bonds is 4. The van der Waals surface area contributed by atoms with Crippen LogP contribution in [0.25, 0.3) is 5.69 Å². The monoisotopic (exact) mass is 348 g/mol. The van der Waals surface area contributed by atoms with Gasteiger partial charge < -0.3 is 9.84 Å². The van der Waals surface area contributed by atoms with E-state index >= 15 is 0 Å². The molecule has 1 unspecified atom stereocenters. The summed E-state index contributed by atoms with van der Waals surface area (Å²) in [5.74, 6) is -0.669. The number of hydrogen-bond donors (Lipinski definition) is 1. The topological polar surface area (TPSA) is 64.3 Å². The summed E-state index contributed by atoms with van der Waals surface area (Å²) < 4.78 is 6.76. The van der Waals surface area contributed by atoms with Gasteiger partial charge in [0.25, 0.3) is 0 Å². The zero-order valence-corrected chi connectivity index (χ0v) is 15.0. The van der Waals surface area contributed by atoms with Gasteiger partial charge in [-0.3, -0.25) is 0 Å². The van der Waals surface area contributed by atoms with Crippen LogP contribution in [0.4, 0.5) is 0 Å². The molecule has 5 nitrogen and oxygen atoms in total. The first kappa shape index (κ1) is 18.2. The van der Waals surface area contributed by atoms with Crippen LogP contribution in [0.15, 0.2) is 42.5 Å². The lowest BCUT2D eigenvalue weighted by molar-refractivity contribution is -0.151. The van der Waals surface area contributed by atoms with Crippen molar-refractivity contribution in [2.75, 3.05) is 0 Å². The van der Waals surface area contributed by atoms with Gasteiger partial charge in [0.2, 0.25) is 0 Å². The molecule has 0 amide bonds. The predicted octanol–water partition coefficient (Wildman–Crippen LogP) is 3.77. The molecule has 0 spiro atoms. The number of aliphatic hydroxyl groups excluding tert-OH is 1. The summed E-state index contributed by atoms with van der Waals surface area (Å²) in [7, 11) is 0. The molecule has 2 aromatic rings. The van der Waals surface area contributed by atoms with Crippen LogP contribution in [-0.4, -0.2) is 26.5 Å². The van der Waals surface area contributed by atoms with Gasteiger partial charge in [-0.1, -0.05) is 36.4 Å². The third-order valence-electron chi connectivity index (χ3n) is 3.31. The van der Waals surface area contributed by atoms with E-state index in [4.69, 9.17) is 16.3 Å². The fourth-order valence-corrected chi connectivity index (χ4v) is 2.57. The quantitative estimate of drug-likeness (QED) is 0.674. The summed E-state index contributed by atoms with van der Waals surface area (Å²) in [5, 5.41) is 15.1. The number of esters is 1. The second-order valence-corrected chi connectivity index (χ2v) is 6.82. The number of aryl methyl sites for hydroxylation is 1. The van der Waals surface area contributed by atoms with Crippen molar-refractivity contribution in [2.24, 2.45) is 0 Å². The van der Waals surface area contributed by atoms with E-state index < -0.39 is 17.7 Å². The van der Waals surface area contributed by atoms with E-state index in [1.807, 2.05) is 30.3 Å². The van der Waals surface area contributed by atoms with Crippen LogP contribution >= 0.6 is 11.6 Å². The van der Waals surface area contributed by atoms with E-state index in [0.717, 1.165) is 5.69 Å². The number of ether oxygens (including phenoxy) is 1. The number of benzene rings is 1. The zero-order valence-electron chi connectivity index (χ0n) is 14.2. The molecule has 128 valence electrons.